The van der Waals surface area contributed by atoms with E-state index in [-0.39, 0.29) is 17.4 Å². The van der Waals surface area contributed by atoms with E-state index in [1.54, 1.807) is 6.07 Å². The summed E-state index contributed by atoms with van der Waals surface area (Å²) in [7, 11) is 0. The standard InChI is InChI=1S/C20H24F2O/c1-4-6-14(3)23-18-13-12-17(19(21)20(18)22)16-10-8-15(7-5-2)9-11-16/h8-14H,4-7H2,1-3H3. The molecule has 0 radical (unpaired) electrons. The van der Waals surface area contributed by atoms with Gasteiger partial charge in [-0.05, 0) is 43.0 Å². The molecular weight excluding hydrogens is 294 g/mol. The van der Waals surface area contributed by atoms with Gasteiger partial charge in [-0.3, -0.25) is 0 Å². The third kappa shape index (κ3) is 4.31. The monoisotopic (exact) mass is 318 g/mol. The van der Waals surface area contributed by atoms with Crippen LogP contribution < -0.4 is 4.74 Å². The molecule has 0 aromatic heterocycles. The molecule has 0 amide bonds. The van der Waals surface area contributed by atoms with Gasteiger partial charge >= 0.3 is 0 Å². The summed E-state index contributed by atoms with van der Waals surface area (Å²) in [6, 6.07) is 10.7. The van der Waals surface area contributed by atoms with E-state index >= 15 is 0 Å². The fourth-order valence-corrected chi connectivity index (χ4v) is 2.67. The molecule has 0 N–H and O–H groups in total. The number of benzene rings is 2. The Balaban J connectivity index is 2.25. The lowest BCUT2D eigenvalue weighted by Crippen LogP contribution is -2.12. The molecule has 0 aliphatic heterocycles. The van der Waals surface area contributed by atoms with Gasteiger partial charge in [0.1, 0.15) is 0 Å². The van der Waals surface area contributed by atoms with E-state index in [2.05, 4.69) is 6.92 Å². The second kappa shape index (κ2) is 8.09. The van der Waals surface area contributed by atoms with Crippen LogP contribution in [0.1, 0.15) is 45.6 Å². The molecule has 2 rings (SSSR count). The maximum absolute atomic E-state index is 14.4. The van der Waals surface area contributed by atoms with Crippen LogP contribution in [0.25, 0.3) is 11.1 Å². The molecule has 2 aromatic carbocycles. The van der Waals surface area contributed by atoms with Crippen LogP contribution in [0.4, 0.5) is 8.78 Å². The molecule has 2 aromatic rings. The maximum atomic E-state index is 14.4. The van der Waals surface area contributed by atoms with E-state index in [9.17, 15) is 8.78 Å². The van der Waals surface area contributed by atoms with Crippen molar-refractivity contribution < 1.29 is 13.5 Å². The summed E-state index contributed by atoms with van der Waals surface area (Å²) in [5, 5.41) is 0. The van der Waals surface area contributed by atoms with Gasteiger partial charge in [0.25, 0.3) is 0 Å². The molecule has 0 saturated carbocycles. The first-order valence-corrected chi connectivity index (χ1v) is 8.30. The van der Waals surface area contributed by atoms with E-state index in [0.717, 1.165) is 25.7 Å². The van der Waals surface area contributed by atoms with Gasteiger partial charge < -0.3 is 4.74 Å². The van der Waals surface area contributed by atoms with Crippen molar-refractivity contribution in [1.82, 2.24) is 0 Å². The lowest BCUT2D eigenvalue weighted by molar-refractivity contribution is 0.198. The highest BCUT2D eigenvalue weighted by Crippen LogP contribution is 2.30. The van der Waals surface area contributed by atoms with Gasteiger partial charge in [-0.25, -0.2) is 4.39 Å². The Kier molecular flexibility index (Phi) is 6.14. The number of ether oxygens (including phenoxy) is 1. The van der Waals surface area contributed by atoms with Crippen molar-refractivity contribution in [3.8, 4) is 16.9 Å². The van der Waals surface area contributed by atoms with Gasteiger partial charge in [0.15, 0.2) is 11.6 Å². The maximum Gasteiger partial charge on any atom is 0.201 e. The summed E-state index contributed by atoms with van der Waals surface area (Å²) >= 11 is 0. The summed E-state index contributed by atoms with van der Waals surface area (Å²) in [5.74, 6) is -1.78. The van der Waals surface area contributed by atoms with Crippen LogP contribution in [-0.2, 0) is 6.42 Å². The molecule has 0 spiro atoms. The van der Waals surface area contributed by atoms with Gasteiger partial charge in [-0.1, -0.05) is 51.0 Å². The van der Waals surface area contributed by atoms with Crippen LogP contribution in [0.15, 0.2) is 36.4 Å². The topological polar surface area (TPSA) is 9.23 Å². The van der Waals surface area contributed by atoms with Crippen LogP contribution in [0, 0.1) is 11.6 Å². The molecule has 0 aliphatic carbocycles. The fourth-order valence-electron chi connectivity index (χ4n) is 2.67. The summed E-state index contributed by atoms with van der Waals surface area (Å²) in [6.07, 6.45) is 3.66. The van der Waals surface area contributed by atoms with Crippen molar-refractivity contribution in [2.75, 3.05) is 0 Å². The van der Waals surface area contributed by atoms with Crippen LogP contribution in [0.3, 0.4) is 0 Å². The summed E-state index contributed by atoms with van der Waals surface area (Å²) in [6.45, 7) is 6.00. The molecule has 23 heavy (non-hydrogen) atoms. The third-order valence-electron chi connectivity index (χ3n) is 3.87. The van der Waals surface area contributed by atoms with Gasteiger partial charge in [0, 0.05) is 5.56 Å². The van der Waals surface area contributed by atoms with Crippen molar-refractivity contribution in [3.05, 3.63) is 53.6 Å². The fraction of sp³-hybridized carbons (Fsp3) is 0.400. The SMILES string of the molecule is CCCc1ccc(-c2ccc(OC(C)CCC)c(F)c2F)cc1. The minimum Gasteiger partial charge on any atom is -0.488 e. The molecule has 1 unspecified atom stereocenters. The minimum atomic E-state index is -0.914. The Morgan fingerprint density at radius 3 is 2.22 bits per heavy atom. The Bertz CT molecular complexity index is 635. The molecule has 0 bridgehead atoms. The lowest BCUT2D eigenvalue weighted by Gasteiger charge is -2.15. The summed E-state index contributed by atoms with van der Waals surface area (Å²) in [4.78, 5) is 0. The highest BCUT2D eigenvalue weighted by Gasteiger charge is 2.17. The largest absolute Gasteiger partial charge is 0.488 e. The van der Waals surface area contributed by atoms with Crippen LogP contribution in [-0.4, -0.2) is 6.10 Å². The Hall–Kier alpha value is -1.90. The molecule has 0 heterocycles. The number of rotatable bonds is 7. The zero-order chi connectivity index (χ0) is 16.8. The van der Waals surface area contributed by atoms with E-state index < -0.39 is 11.6 Å². The number of hydrogen-bond donors (Lipinski definition) is 0. The molecule has 0 saturated heterocycles. The Morgan fingerprint density at radius 2 is 1.61 bits per heavy atom. The summed E-state index contributed by atoms with van der Waals surface area (Å²) < 4.78 is 34.1. The average molecular weight is 318 g/mol. The van der Waals surface area contributed by atoms with Crippen molar-refractivity contribution in [2.45, 2.75) is 52.6 Å². The molecule has 3 heteroatoms. The second-order valence-corrected chi connectivity index (χ2v) is 5.90. The van der Waals surface area contributed by atoms with E-state index in [1.807, 2.05) is 38.1 Å². The van der Waals surface area contributed by atoms with Crippen molar-refractivity contribution in [1.29, 1.82) is 0 Å². The molecule has 1 atom stereocenters. The summed E-state index contributed by atoms with van der Waals surface area (Å²) in [5.41, 5.74) is 2.14. The van der Waals surface area contributed by atoms with Crippen molar-refractivity contribution in [2.24, 2.45) is 0 Å². The minimum absolute atomic E-state index is 0.0187. The van der Waals surface area contributed by atoms with E-state index in [4.69, 9.17) is 4.74 Å². The zero-order valence-electron chi connectivity index (χ0n) is 14.0. The van der Waals surface area contributed by atoms with Crippen molar-refractivity contribution in [3.63, 3.8) is 0 Å². The average Bonchev–Trinajstić information content (AvgIpc) is 2.54. The Morgan fingerprint density at radius 1 is 0.913 bits per heavy atom. The highest BCUT2D eigenvalue weighted by atomic mass is 19.2. The van der Waals surface area contributed by atoms with Gasteiger partial charge in [0.05, 0.1) is 6.10 Å². The molecule has 0 aliphatic rings. The predicted octanol–water partition coefficient (Wildman–Crippen LogP) is 6.15. The quantitative estimate of drug-likeness (QED) is 0.595. The normalized spacial score (nSPS) is 12.2. The van der Waals surface area contributed by atoms with Gasteiger partial charge in [-0.2, -0.15) is 4.39 Å². The van der Waals surface area contributed by atoms with Gasteiger partial charge in [-0.15, -0.1) is 0 Å². The third-order valence-corrected chi connectivity index (χ3v) is 3.87. The first-order chi connectivity index (χ1) is 11.1. The first kappa shape index (κ1) is 17.5. The van der Waals surface area contributed by atoms with E-state index in [0.29, 0.717) is 5.56 Å². The first-order valence-electron chi connectivity index (χ1n) is 8.30. The molecule has 0 fully saturated rings. The number of aryl methyl sites for hydroxylation is 1. The van der Waals surface area contributed by atoms with Crippen molar-refractivity contribution >= 4 is 0 Å². The lowest BCUT2D eigenvalue weighted by atomic mass is 10.0. The number of hydrogen-bond acceptors (Lipinski definition) is 1. The van der Waals surface area contributed by atoms with Crippen LogP contribution in [0.2, 0.25) is 0 Å². The van der Waals surface area contributed by atoms with Crippen LogP contribution >= 0.6 is 0 Å². The van der Waals surface area contributed by atoms with Gasteiger partial charge in [0.2, 0.25) is 5.82 Å². The molecule has 1 nitrogen and oxygen atoms in total. The highest BCUT2D eigenvalue weighted by molar-refractivity contribution is 5.65. The zero-order valence-corrected chi connectivity index (χ0v) is 14.0. The molecule has 124 valence electrons. The van der Waals surface area contributed by atoms with Crippen LogP contribution in [0.5, 0.6) is 5.75 Å². The molecular formula is C20H24F2O. The predicted molar refractivity (Wildman–Crippen MR) is 90.8 cm³/mol. The Labute approximate surface area is 137 Å². The smallest absolute Gasteiger partial charge is 0.201 e. The second-order valence-electron chi connectivity index (χ2n) is 5.90. The number of halogens is 2. The van der Waals surface area contributed by atoms with E-state index in [1.165, 1.54) is 11.6 Å².